The Morgan fingerprint density at radius 1 is 1.15 bits per heavy atom. The summed E-state index contributed by atoms with van der Waals surface area (Å²) in [7, 11) is 1.48. The topological polar surface area (TPSA) is 86.1 Å². The molecular formula is C25H26Cl2N4O3. The minimum atomic E-state index is 0.0938. The van der Waals surface area contributed by atoms with Gasteiger partial charge in [-0.1, -0.05) is 39.6 Å². The van der Waals surface area contributed by atoms with Gasteiger partial charge in [-0.05, 0) is 55.7 Å². The van der Waals surface area contributed by atoms with Crippen molar-refractivity contribution in [1.29, 1.82) is 0 Å². The van der Waals surface area contributed by atoms with Gasteiger partial charge in [-0.15, -0.1) is 0 Å². The number of oxime groups is 1. The number of rotatable bonds is 8. The van der Waals surface area contributed by atoms with E-state index in [1.165, 1.54) is 7.11 Å². The average molecular weight is 501 g/mol. The fourth-order valence-electron chi connectivity index (χ4n) is 4.34. The summed E-state index contributed by atoms with van der Waals surface area (Å²) in [6.07, 6.45) is 3.23. The molecule has 2 N–H and O–H groups in total. The fourth-order valence-corrected chi connectivity index (χ4v) is 4.92. The van der Waals surface area contributed by atoms with Crippen LogP contribution in [0.2, 0.25) is 10.0 Å². The first-order chi connectivity index (χ1) is 16.5. The van der Waals surface area contributed by atoms with Crippen molar-refractivity contribution in [3.05, 3.63) is 69.4 Å². The highest BCUT2D eigenvalue weighted by atomic mass is 35.5. The standard InChI is InChI=1S/C25H26Cl2N4O3/c1-32-30-25(28)16-7-9-17(10-8-16)31-12-11-18(13-31)33-14-19-23(29-34-24(19)15-5-6-15)22-20(26)3-2-4-21(22)27/h2-4,7-10,15,18H,5-6,11-14H2,1H3,(H2,28,30). The van der Waals surface area contributed by atoms with Crippen LogP contribution in [0, 0.1) is 0 Å². The molecule has 1 atom stereocenters. The van der Waals surface area contributed by atoms with E-state index in [2.05, 4.69) is 15.2 Å². The van der Waals surface area contributed by atoms with Gasteiger partial charge in [0.25, 0.3) is 0 Å². The molecule has 178 valence electrons. The summed E-state index contributed by atoms with van der Waals surface area (Å²) in [5.41, 5.74) is 10.2. The van der Waals surface area contributed by atoms with E-state index in [1.807, 2.05) is 42.5 Å². The summed E-state index contributed by atoms with van der Waals surface area (Å²) >= 11 is 12.9. The lowest BCUT2D eigenvalue weighted by Gasteiger charge is -2.19. The van der Waals surface area contributed by atoms with Crippen LogP contribution in [0.5, 0.6) is 0 Å². The van der Waals surface area contributed by atoms with Crippen LogP contribution in [-0.2, 0) is 16.2 Å². The molecule has 1 unspecified atom stereocenters. The molecule has 1 saturated carbocycles. The van der Waals surface area contributed by atoms with Gasteiger partial charge in [0.15, 0.2) is 5.84 Å². The molecule has 5 rings (SSSR count). The summed E-state index contributed by atoms with van der Waals surface area (Å²) < 4.78 is 12.1. The molecule has 2 aromatic carbocycles. The third-order valence-corrected chi connectivity index (χ3v) is 6.92. The van der Waals surface area contributed by atoms with Crippen molar-refractivity contribution in [3.8, 4) is 11.3 Å². The summed E-state index contributed by atoms with van der Waals surface area (Å²) in [4.78, 5) is 7.05. The van der Waals surface area contributed by atoms with E-state index in [0.717, 1.165) is 54.9 Å². The number of amidine groups is 1. The molecule has 2 aliphatic rings. The number of hydrogen-bond acceptors (Lipinski definition) is 6. The number of anilines is 1. The highest BCUT2D eigenvalue weighted by Crippen LogP contribution is 2.46. The second kappa shape index (κ2) is 9.86. The zero-order valence-electron chi connectivity index (χ0n) is 18.8. The molecule has 3 aromatic rings. The van der Waals surface area contributed by atoms with Gasteiger partial charge in [0, 0.05) is 41.4 Å². The van der Waals surface area contributed by atoms with Gasteiger partial charge >= 0.3 is 0 Å². The van der Waals surface area contributed by atoms with Gasteiger partial charge in [-0.3, -0.25) is 0 Å². The number of ether oxygens (including phenoxy) is 1. The summed E-state index contributed by atoms with van der Waals surface area (Å²) in [6.45, 7) is 2.12. The molecule has 1 aliphatic heterocycles. The Kier molecular flexibility index (Phi) is 6.68. The van der Waals surface area contributed by atoms with Gasteiger partial charge in [-0.2, -0.15) is 0 Å². The Balaban J connectivity index is 1.28. The highest BCUT2D eigenvalue weighted by molar-refractivity contribution is 6.39. The number of nitrogens with zero attached hydrogens (tertiary/aromatic N) is 3. The third-order valence-electron chi connectivity index (χ3n) is 6.29. The molecule has 9 heteroatoms. The van der Waals surface area contributed by atoms with Crippen LogP contribution in [-0.4, -0.2) is 37.3 Å². The molecule has 34 heavy (non-hydrogen) atoms. The van der Waals surface area contributed by atoms with E-state index >= 15 is 0 Å². The van der Waals surface area contributed by atoms with Crippen LogP contribution in [0.3, 0.4) is 0 Å². The van der Waals surface area contributed by atoms with Crippen LogP contribution in [0.25, 0.3) is 11.3 Å². The lowest BCUT2D eigenvalue weighted by Crippen LogP contribution is -2.23. The maximum atomic E-state index is 6.47. The fraction of sp³-hybridized carbons (Fsp3) is 0.360. The van der Waals surface area contributed by atoms with Crippen molar-refractivity contribution in [2.24, 2.45) is 10.9 Å². The normalized spacial score (nSPS) is 18.5. The van der Waals surface area contributed by atoms with Crippen LogP contribution in [0.4, 0.5) is 5.69 Å². The molecule has 2 fully saturated rings. The Hall–Kier alpha value is -2.74. The SMILES string of the molecule is CO/N=C(\N)c1ccc(N2CCC(OCc3c(-c4c(Cl)cccc4Cl)noc3C3CC3)C2)cc1. The predicted octanol–water partition coefficient (Wildman–Crippen LogP) is 5.59. The van der Waals surface area contributed by atoms with E-state index in [1.54, 1.807) is 0 Å². The first kappa shape index (κ1) is 23.0. The second-order valence-corrected chi connectivity index (χ2v) is 9.43. The Morgan fingerprint density at radius 3 is 2.56 bits per heavy atom. The zero-order valence-corrected chi connectivity index (χ0v) is 20.4. The van der Waals surface area contributed by atoms with E-state index in [0.29, 0.717) is 39.7 Å². The van der Waals surface area contributed by atoms with E-state index in [-0.39, 0.29) is 6.10 Å². The molecule has 1 saturated heterocycles. The lowest BCUT2D eigenvalue weighted by atomic mass is 10.0. The van der Waals surface area contributed by atoms with Crippen molar-refractivity contribution in [2.75, 3.05) is 25.1 Å². The zero-order chi connectivity index (χ0) is 23.7. The van der Waals surface area contributed by atoms with Crippen molar-refractivity contribution >= 4 is 34.7 Å². The van der Waals surface area contributed by atoms with Crippen LogP contribution < -0.4 is 10.6 Å². The molecule has 2 heterocycles. The smallest absolute Gasteiger partial charge is 0.170 e. The van der Waals surface area contributed by atoms with Crippen molar-refractivity contribution < 1.29 is 14.1 Å². The van der Waals surface area contributed by atoms with Gasteiger partial charge in [0.2, 0.25) is 0 Å². The highest BCUT2D eigenvalue weighted by Gasteiger charge is 2.34. The van der Waals surface area contributed by atoms with Crippen LogP contribution >= 0.6 is 23.2 Å². The van der Waals surface area contributed by atoms with E-state index in [4.69, 9.17) is 43.0 Å². The van der Waals surface area contributed by atoms with Crippen LogP contribution in [0.1, 0.15) is 42.1 Å². The minimum Gasteiger partial charge on any atom is -0.397 e. The molecular weight excluding hydrogens is 475 g/mol. The summed E-state index contributed by atoms with van der Waals surface area (Å²) in [5, 5.41) is 9.23. The molecule has 1 aliphatic carbocycles. The maximum absolute atomic E-state index is 6.47. The predicted molar refractivity (Wildman–Crippen MR) is 134 cm³/mol. The molecule has 0 bridgehead atoms. The molecule has 0 amide bonds. The maximum Gasteiger partial charge on any atom is 0.170 e. The Labute approximate surface area is 208 Å². The first-order valence-corrected chi connectivity index (χ1v) is 12.1. The Bertz CT molecular complexity index is 1170. The second-order valence-electron chi connectivity index (χ2n) is 8.62. The minimum absolute atomic E-state index is 0.0938. The third kappa shape index (κ3) is 4.73. The number of hydrogen-bond donors (Lipinski definition) is 1. The number of aromatic nitrogens is 1. The monoisotopic (exact) mass is 500 g/mol. The molecule has 7 nitrogen and oxygen atoms in total. The first-order valence-electron chi connectivity index (χ1n) is 11.3. The number of halogens is 2. The van der Waals surface area contributed by atoms with Gasteiger partial charge < -0.3 is 24.7 Å². The summed E-state index contributed by atoms with van der Waals surface area (Å²) in [5.74, 6) is 1.65. The molecule has 1 aromatic heterocycles. The van der Waals surface area contributed by atoms with Gasteiger partial charge in [0.05, 0.1) is 22.8 Å². The van der Waals surface area contributed by atoms with Crippen molar-refractivity contribution in [2.45, 2.75) is 37.9 Å². The number of benzene rings is 2. The Morgan fingerprint density at radius 2 is 1.88 bits per heavy atom. The van der Waals surface area contributed by atoms with E-state index in [9.17, 15) is 0 Å². The summed E-state index contributed by atoms with van der Waals surface area (Å²) in [6, 6.07) is 13.4. The largest absolute Gasteiger partial charge is 0.397 e. The molecule has 0 spiro atoms. The van der Waals surface area contributed by atoms with Gasteiger partial charge in [0.1, 0.15) is 18.6 Å². The van der Waals surface area contributed by atoms with Crippen molar-refractivity contribution in [1.82, 2.24) is 5.16 Å². The lowest BCUT2D eigenvalue weighted by molar-refractivity contribution is 0.0547. The van der Waals surface area contributed by atoms with E-state index < -0.39 is 0 Å². The number of nitrogens with two attached hydrogens (primary N) is 1. The van der Waals surface area contributed by atoms with Gasteiger partial charge in [-0.25, -0.2) is 0 Å². The van der Waals surface area contributed by atoms with Crippen molar-refractivity contribution in [3.63, 3.8) is 0 Å². The quantitative estimate of drug-likeness (QED) is 0.246. The average Bonchev–Trinajstić information content (AvgIpc) is 3.42. The molecule has 0 radical (unpaired) electrons. The van der Waals surface area contributed by atoms with Crippen LogP contribution in [0.15, 0.2) is 52.1 Å².